The number of nitriles is 1. The third kappa shape index (κ3) is 3.92. The maximum Gasteiger partial charge on any atom is 0.238 e. The normalized spacial score (nSPS) is 10.7. The van der Waals surface area contributed by atoms with Gasteiger partial charge in [0.2, 0.25) is 5.91 Å². The molecule has 1 N–H and O–H groups in total. The highest BCUT2D eigenvalue weighted by Gasteiger charge is 2.17. The zero-order chi connectivity index (χ0) is 14.6. The van der Waals surface area contributed by atoms with Gasteiger partial charge in [0.15, 0.2) is 5.78 Å². The fraction of sp³-hybridized carbons (Fsp3) is 0.400. The molecule has 0 unspecified atom stereocenters. The molecule has 1 aromatic carbocycles. The van der Waals surface area contributed by atoms with E-state index in [0.29, 0.717) is 11.3 Å². The number of anilines is 1. The van der Waals surface area contributed by atoms with Gasteiger partial charge in [0.1, 0.15) is 6.42 Å². The lowest BCUT2D eigenvalue weighted by atomic mass is 9.86. The van der Waals surface area contributed by atoms with E-state index in [1.54, 1.807) is 18.2 Å². The van der Waals surface area contributed by atoms with Gasteiger partial charge in [0.25, 0.3) is 0 Å². The van der Waals surface area contributed by atoms with Crippen LogP contribution in [0.3, 0.4) is 0 Å². The van der Waals surface area contributed by atoms with Crippen LogP contribution in [0.4, 0.5) is 5.69 Å². The van der Waals surface area contributed by atoms with Crippen molar-refractivity contribution in [3.8, 4) is 6.07 Å². The van der Waals surface area contributed by atoms with Gasteiger partial charge in [-0.1, -0.05) is 26.8 Å². The maximum absolute atomic E-state index is 11.6. The van der Waals surface area contributed by atoms with Crippen molar-refractivity contribution in [2.24, 2.45) is 0 Å². The van der Waals surface area contributed by atoms with Gasteiger partial charge in [0, 0.05) is 5.56 Å². The summed E-state index contributed by atoms with van der Waals surface area (Å²) >= 11 is 0. The van der Waals surface area contributed by atoms with Crippen molar-refractivity contribution in [1.29, 1.82) is 5.26 Å². The molecule has 1 rings (SSSR count). The SMILES string of the molecule is CC(=O)c1ccc(C(C)(C)C)cc1NC(=O)CC#N. The molecule has 4 nitrogen and oxygen atoms in total. The van der Waals surface area contributed by atoms with E-state index in [0.717, 1.165) is 5.56 Å². The second-order valence-electron chi connectivity index (χ2n) is 5.45. The molecule has 0 spiro atoms. The highest BCUT2D eigenvalue weighted by atomic mass is 16.1. The Bertz CT molecular complexity index is 548. The average molecular weight is 258 g/mol. The Labute approximate surface area is 113 Å². The number of hydrogen-bond acceptors (Lipinski definition) is 3. The Kier molecular flexibility index (Phi) is 4.44. The Balaban J connectivity index is 3.21. The molecule has 0 heterocycles. The zero-order valence-electron chi connectivity index (χ0n) is 11.7. The Morgan fingerprint density at radius 1 is 1.32 bits per heavy atom. The van der Waals surface area contributed by atoms with E-state index >= 15 is 0 Å². The van der Waals surface area contributed by atoms with Crippen molar-refractivity contribution in [1.82, 2.24) is 0 Å². The largest absolute Gasteiger partial charge is 0.325 e. The van der Waals surface area contributed by atoms with Crippen LogP contribution in [0.15, 0.2) is 18.2 Å². The van der Waals surface area contributed by atoms with E-state index < -0.39 is 5.91 Å². The quantitative estimate of drug-likeness (QED) is 0.847. The molecular formula is C15H18N2O2. The highest BCUT2D eigenvalue weighted by molar-refractivity contribution is 6.04. The van der Waals surface area contributed by atoms with Crippen molar-refractivity contribution < 1.29 is 9.59 Å². The lowest BCUT2D eigenvalue weighted by Gasteiger charge is -2.21. The molecule has 0 atom stereocenters. The summed E-state index contributed by atoms with van der Waals surface area (Å²) in [7, 11) is 0. The predicted octanol–water partition coefficient (Wildman–Crippen LogP) is 3.04. The van der Waals surface area contributed by atoms with Gasteiger partial charge in [-0.15, -0.1) is 0 Å². The summed E-state index contributed by atoms with van der Waals surface area (Å²) in [6.45, 7) is 7.61. The molecule has 0 radical (unpaired) electrons. The lowest BCUT2D eigenvalue weighted by Crippen LogP contribution is -2.16. The lowest BCUT2D eigenvalue weighted by molar-refractivity contribution is -0.115. The first-order chi connectivity index (χ1) is 8.75. The Morgan fingerprint density at radius 3 is 2.42 bits per heavy atom. The first-order valence-corrected chi connectivity index (χ1v) is 6.08. The molecule has 1 amide bonds. The van der Waals surface area contributed by atoms with Crippen LogP contribution in [0, 0.1) is 11.3 Å². The molecular weight excluding hydrogens is 240 g/mol. The fourth-order valence-electron chi connectivity index (χ4n) is 1.69. The van der Waals surface area contributed by atoms with Gasteiger partial charge in [-0.25, -0.2) is 0 Å². The number of nitrogens with one attached hydrogen (secondary N) is 1. The number of Topliss-reactive ketones (excluding diaryl/α,β-unsaturated/α-hetero) is 1. The molecule has 0 aromatic heterocycles. The molecule has 0 saturated carbocycles. The molecule has 100 valence electrons. The molecule has 0 saturated heterocycles. The van der Waals surface area contributed by atoms with Crippen LogP contribution in [0.5, 0.6) is 0 Å². The standard InChI is InChI=1S/C15H18N2O2/c1-10(18)12-6-5-11(15(2,3)4)9-13(12)17-14(19)7-8-16/h5-6,9H,7H2,1-4H3,(H,17,19). The first-order valence-electron chi connectivity index (χ1n) is 6.08. The number of hydrogen-bond donors (Lipinski definition) is 1. The van der Waals surface area contributed by atoms with Gasteiger partial charge in [-0.3, -0.25) is 9.59 Å². The van der Waals surface area contributed by atoms with Gasteiger partial charge in [0.05, 0.1) is 11.8 Å². The van der Waals surface area contributed by atoms with E-state index in [2.05, 4.69) is 26.1 Å². The molecule has 0 bridgehead atoms. The number of amides is 1. The van der Waals surface area contributed by atoms with Crippen LogP contribution in [-0.2, 0) is 10.2 Å². The van der Waals surface area contributed by atoms with E-state index in [-0.39, 0.29) is 17.6 Å². The summed E-state index contributed by atoms with van der Waals surface area (Å²) < 4.78 is 0. The number of carbonyl (C=O) groups excluding carboxylic acids is 2. The van der Waals surface area contributed by atoms with Gasteiger partial charge >= 0.3 is 0 Å². The summed E-state index contributed by atoms with van der Waals surface area (Å²) in [5.41, 5.74) is 1.87. The molecule has 0 aliphatic heterocycles. The number of nitrogens with zero attached hydrogens (tertiary/aromatic N) is 1. The van der Waals surface area contributed by atoms with Crippen molar-refractivity contribution >= 4 is 17.4 Å². The van der Waals surface area contributed by atoms with Crippen LogP contribution < -0.4 is 5.32 Å². The smallest absolute Gasteiger partial charge is 0.238 e. The molecule has 1 aromatic rings. The van der Waals surface area contributed by atoms with Crippen molar-refractivity contribution in [3.63, 3.8) is 0 Å². The Morgan fingerprint density at radius 2 is 1.95 bits per heavy atom. The van der Waals surface area contributed by atoms with Crippen LogP contribution in [0.2, 0.25) is 0 Å². The van der Waals surface area contributed by atoms with Crippen molar-refractivity contribution in [2.45, 2.75) is 39.5 Å². The third-order valence-electron chi connectivity index (χ3n) is 2.78. The molecule has 0 fully saturated rings. The second kappa shape index (κ2) is 5.66. The Hall–Kier alpha value is -2.15. The van der Waals surface area contributed by atoms with Crippen molar-refractivity contribution in [3.05, 3.63) is 29.3 Å². The van der Waals surface area contributed by atoms with Crippen molar-refractivity contribution in [2.75, 3.05) is 5.32 Å². The van der Waals surface area contributed by atoms with E-state index in [1.165, 1.54) is 6.92 Å². The number of benzene rings is 1. The highest BCUT2D eigenvalue weighted by Crippen LogP contribution is 2.27. The minimum absolute atomic E-state index is 0.0793. The monoisotopic (exact) mass is 258 g/mol. The number of ketones is 1. The summed E-state index contributed by atoms with van der Waals surface area (Å²) in [5.74, 6) is -0.524. The maximum atomic E-state index is 11.6. The second-order valence-corrected chi connectivity index (χ2v) is 5.45. The number of carbonyl (C=O) groups is 2. The van der Waals surface area contributed by atoms with Gasteiger partial charge in [-0.05, 0) is 30.0 Å². The summed E-state index contributed by atoms with van der Waals surface area (Å²) in [6.07, 6.45) is -0.225. The average Bonchev–Trinajstić information content (AvgIpc) is 2.27. The molecule has 0 aliphatic rings. The van der Waals surface area contributed by atoms with Crippen LogP contribution in [0.25, 0.3) is 0 Å². The number of rotatable bonds is 3. The summed E-state index contributed by atoms with van der Waals surface area (Å²) in [6, 6.07) is 7.18. The molecule has 4 heteroatoms. The van der Waals surface area contributed by atoms with Crippen LogP contribution >= 0.6 is 0 Å². The predicted molar refractivity (Wildman–Crippen MR) is 74.0 cm³/mol. The minimum Gasteiger partial charge on any atom is -0.325 e. The zero-order valence-corrected chi connectivity index (χ0v) is 11.7. The summed E-state index contributed by atoms with van der Waals surface area (Å²) in [4.78, 5) is 23.1. The fourth-order valence-corrected chi connectivity index (χ4v) is 1.69. The first kappa shape index (κ1) is 14.9. The molecule has 0 aliphatic carbocycles. The van der Waals surface area contributed by atoms with Crippen LogP contribution in [0.1, 0.15) is 50.0 Å². The van der Waals surface area contributed by atoms with E-state index in [1.807, 2.05) is 6.07 Å². The van der Waals surface area contributed by atoms with Gasteiger partial charge in [-0.2, -0.15) is 5.26 Å². The van der Waals surface area contributed by atoms with E-state index in [9.17, 15) is 9.59 Å². The third-order valence-corrected chi connectivity index (χ3v) is 2.78. The van der Waals surface area contributed by atoms with Crippen LogP contribution in [-0.4, -0.2) is 11.7 Å². The summed E-state index contributed by atoms with van der Waals surface area (Å²) in [5, 5.41) is 11.1. The van der Waals surface area contributed by atoms with Gasteiger partial charge < -0.3 is 5.32 Å². The minimum atomic E-state index is -0.406. The van der Waals surface area contributed by atoms with E-state index in [4.69, 9.17) is 5.26 Å². The molecule has 19 heavy (non-hydrogen) atoms. The topological polar surface area (TPSA) is 70.0 Å².